The molecule has 5 nitrogen and oxygen atoms in total. The van der Waals surface area contributed by atoms with Gasteiger partial charge >= 0.3 is 0 Å². The van der Waals surface area contributed by atoms with Crippen LogP contribution in [0.4, 0.5) is 0 Å². The van der Waals surface area contributed by atoms with Gasteiger partial charge in [0.1, 0.15) is 11.5 Å². The summed E-state index contributed by atoms with van der Waals surface area (Å²) in [4.78, 5) is 15.2. The number of furan rings is 1. The molecule has 0 spiro atoms. The van der Waals surface area contributed by atoms with Crippen molar-refractivity contribution in [3.8, 4) is 0 Å². The average molecular weight is 386 g/mol. The Balaban J connectivity index is 1.55. The fourth-order valence-electron chi connectivity index (χ4n) is 3.77. The summed E-state index contributed by atoms with van der Waals surface area (Å²) in [6.07, 6.45) is 2.51. The molecule has 1 aliphatic rings. The molecule has 27 heavy (non-hydrogen) atoms. The molecule has 1 fully saturated rings. The Morgan fingerprint density at radius 3 is 2.81 bits per heavy atom. The molecule has 3 aromatic rings. The van der Waals surface area contributed by atoms with Crippen LogP contribution in [0.15, 0.2) is 40.8 Å². The highest BCUT2D eigenvalue weighted by Crippen LogP contribution is 2.25. The number of aryl methyl sites for hydroxylation is 1. The van der Waals surface area contributed by atoms with E-state index in [0.29, 0.717) is 23.8 Å². The number of hydrogen-bond donors (Lipinski definition) is 1. The number of halogens is 1. The molecule has 0 bridgehead atoms. The zero-order chi connectivity index (χ0) is 18.8. The number of amides is 1. The summed E-state index contributed by atoms with van der Waals surface area (Å²) in [5, 5.41) is 3.75. The second-order valence-corrected chi connectivity index (χ2v) is 7.59. The van der Waals surface area contributed by atoms with E-state index in [1.807, 2.05) is 47.9 Å². The molecule has 0 atom stereocenters. The highest BCUT2D eigenvalue weighted by atomic mass is 35.5. The summed E-state index contributed by atoms with van der Waals surface area (Å²) in [7, 11) is 0. The summed E-state index contributed by atoms with van der Waals surface area (Å²) in [6.45, 7) is 6.30. The lowest BCUT2D eigenvalue weighted by Crippen LogP contribution is -2.34. The fraction of sp³-hybridized carbons (Fsp3) is 0.381. The van der Waals surface area contributed by atoms with Crippen molar-refractivity contribution in [2.24, 2.45) is 0 Å². The molecule has 0 aliphatic carbocycles. The highest BCUT2D eigenvalue weighted by molar-refractivity contribution is 6.30. The number of nitrogens with zero attached hydrogens (tertiary/aromatic N) is 2. The van der Waals surface area contributed by atoms with E-state index in [4.69, 9.17) is 16.0 Å². The third-order valence-electron chi connectivity index (χ3n) is 5.09. The molecule has 1 aromatic carbocycles. The summed E-state index contributed by atoms with van der Waals surface area (Å²) in [6, 6.07) is 11.5. The van der Waals surface area contributed by atoms with Crippen molar-refractivity contribution in [3.05, 3.63) is 58.4 Å². The van der Waals surface area contributed by atoms with E-state index in [1.165, 1.54) is 12.8 Å². The summed E-state index contributed by atoms with van der Waals surface area (Å²) in [5.74, 6) is 0.765. The van der Waals surface area contributed by atoms with Gasteiger partial charge in [-0.05, 0) is 50.6 Å². The van der Waals surface area contributed by atoms with Gasteiger partial charge in [0.05, 0.1) is 5.52 Å². The molecule has 142 valence electrons. The molecule has 1 N–H and O–H groups in total. The van der Waals surface area contributed by atoms with Crippen molar-refractivity contribution in [1.29, 1.82) is 0 Å². The van der Waals surface area contributed by atoms with E-state index in [2.05, 4.69) is 10.2 Å². The summed E-state index contributed by atoms with van der Waals surface area (Å²) < 4.78 is 7.75. The number of rotatable bonds is 6. The molecule has 6 heteroatoms. The van der Waals surface area contributed by atoms with Crippen LogP contribution in [0, 0.1) is 6.92 Å². The minimum atomic E-state index is -0.0692. The Morgan fingerprint density at radius 1 is 1.22 bits per heavy atom. The van der Waals surface area contributed by atoms with E-state index in [0.717, 1.165) is 42.1 Å². The van der Waals surface area contributed by atoms with E-state index in [9.17, 15) is 4.79 Å². The molecule has 0 radical (unpaired) electrons. The Labute approximate surface area is 163 Å². The standard InChI is InChI=1S/C21H24ClN3O2/c1-15-11-18-20(27-15)13-19(21(26)23-7-10-24-8-2-3-9-24)25(18)14-16-5-4-6-17(22)12-16/h4-6,11-13H,2-3,7-10,14H2,1H3,(H,23,26). The van der Waals surface area contributed by atoms with Gasteiger partial charge in [-0.15, -0.1) is 0 Å². The first-order chi connectivity index (χ1) is 13.1. The van der Waals surface area contributed by atoms with Gasteiger partial charge < -0.3 is 19.2 Å². The maximum atomic E-state index is 12.8. The third-order valence-corrected chi connectivity index (χ3v) is 5.32. The Hall–Kier alpha value is -2.24. The van der Waals surface area contributed by atoms with E-state index in [-0.39, 0.29) is 5.91 Å². The number of carbonyl (C=O) groups excluding carboxylic acids is 1. The lowest BCUT2D eigenvalue weighted by atomic mass is 10.2. The minimum Gasteiger partial charge on any atom is -0.460 e. The zero-order valence-electron chi connectivity index (χ0n) is 15.5. The SMILES string of the molecule is Cc1cc2c(cc(C(=O)NCCN3CCCC3)n2Cc2cccc(Cl)c2)o1. The molecule has 1 saturated heterocycles. The minimum absolute atomic E-state index is 0.0692. The predicted octanol–water partition coefficient (Wildman–Crippen LogP) is 4.07. The van der Waals surface area contributed by atoms with E-state index < -0.39 is 0 Å². The average Bonchev–Trinajstić information content (AvgIpc) is 3.33. The van der Waals surface area contributed by atoms with Crippen molar-refractivity contribution < 1.29 is 9.21 Å². The Morgan fingerprint density at radius 2 is 2.04 bits per heavy atom. The van der Waals surface area contributed by atoms with Gasteiger partial charge in [0.2, 0.25) is 0 Å². The maximum absolute atomic E-state index is 12.8. The van der Waals surface area contributed by atoms with Gasteiger partial charge in [0.25, 0.3) is 5.91 Å². The van der Waals surface area contributed by atoms with Gasteiger partial charge in [-0.3, -0.25) is 4.79 Å². The van der Waals surface area contributed by atoms with E-state index in [1.54, 1.807) is 0 Å². The molecule has 2 aromatic heterocycles. The van der Waals surface area contributed by atoms with Gasteiger partial charge in [0.15, 0.2) is 5.58 Å². The van der Waals surface area contributed by atoms with Gasteiger partial charge in [-0.2, -0.15) is 0 Å². The Kier molecular flexibility index (Phi) is 5.23. The van der Waals surface area contributed by atoms with Crippen LogP contribution in [-0.4, -0.2) is 41.6 Å². The number of nitrogens with one attached hydrogen (secondary N) is 1. The zero-order valence-corrected chi connectivity index (χ0v) is 16.3. The van der Waals surface area contributed by atoms with Crippen LogP contribution in [0.3, 0.4) is 0 Å². The molecule has 1 aliphatic heterocycles. The van der Waals surface area contributed by atoms with Gasteiger partial charge in [0, 0.05) is 36.8 Å². The molecule has 0 unspecified atom stereocenters. The second-order valence-electron chi connectivity index (χ2n) is 7.16. The fourth-order valence-corrected chi connectivity index (χ4v) is 3.98. The first kappa shape index (κ1) is 18.1. The highest BCUT2D eigenvalue weighted by Gasteiger charge is 2.19. The normalized spacial score (nSPS) is 14.9. The number of hydrogen-bond acceptors (Lipinski definition) is 3. The quantitative estimate of drug-likeness (QED) is 0.695. The van der Waals surface area contributed by atoms with Crippen molar-refractivity contribution in [3.63, 3.8) is 0 Å². The predicted molar refractivity (Wildman–Crippen MR) is 108 cm³/mol. The lowest BCUT2D eigenvalue weighted by molar-refractivity contribution is 0.0941. The number of likely N-dealkylation sites (tertiary alicyclic amines) is 1. The van der Waals surface area contributed by atoms with Gasteiger partial charge in [-0.1, -0.05) is 23.7 Å². The first-order valence-corrected chi connectivity index (χ1v) is 9.82. The van der Waals surface area contributed by atoms with Gasteiger partial charge in [-0.25, -0.2) is 0 Å². The van der Waals surface area contributed by atoms with Crippen LogP contribution in [0.1, 0.15) is 34.7 Å². The smallest absolute Gasteiger partial charge is 0.268 e. The van der Waals surface area contributed by atoms with Crippen LogP contribution in [-0.2, 0) is 6.54 Å². The number of fused-ring (bicyclic) bond motifs is 1. The third kappa shape index (κ3) is 4.04. The van der Waals surface area contributed by atoms with Crippen molar-refractivity contribution >= 4 is 28.6 Å². The molecule has 1 amide bonds. The Bertz CT molecular complexity index is 954. The van der Waals surface area contributed by atoms with E-state index >= 15 is 0 Å². The first-order valence-electron chi connectivity index (χ1n) is 9.45. The molecule has 0 saturated carbocycles. The topological polar surface area (TPSA) is 50.4 Å². The number of aromatic nitrogens is 1. The van der Waals surface area contributed by atoms with Crippen LogP contribution < -0.4 is 5.32 Å². The van der Waals surface area contributed by atoms with Crippen molar-refractivity contribution in [2.45, 2.75) is 26.3 Å². The van der Waals surface area contributed by atoms with Crippen LogP contribution in [0.25, 0.3) is 11.1 Å². The molecule has 3 heterocycles. The molecular weight excluding hydrogens is 362 g/mol. The largest absolute Gasteiger partial charge is 0.460 e. The monoisotopic (exact) mass is 385 g/mol. The number of carbonyl (C=O) groups is 1. The molecular formula is C21H24ClN3O2. The van der Waals surface area contributed by atoms with Crippen LogP contribution in [0.2, 0.25) is 5.02 Å². The van der Waals surface area contributed by atoms with Crippen molar-refractivity contribution in [2.75, 3.05) is 26.2 Å². The number of benzene rings is 1. The maximum Gasteiger partial charge on any atom is 0.268 e. The lowest BCUT2D eigenvalue weighted by Gasteiger charge is -2.15. The van der Waals surface area contributed by atoms with Crippen molar-refractivity contribution in [1.82, 2.24) is 14.8 Å². The van der Waals surface area contributed by atoms with Crippen LogP contribution in [0.5, 0.6) is 0 Å². The molecule has 4 rings (SSSR count). The summed E-state index contributed by atoms with van der Waals surface area (Å²) >= 11 is 6.13. The van der Waals surface area contributed by atoms with Crippen LogP contribution >= 0.6 is 11.6 Å². The summed E-state index contributed by atoms with van der Waals surface area (Å²) in [5.41, 5.74) is 3.33. The second kappa shape index (κ2) is 7.79.